The van der Waals surface area contributed by atoms with Crippen LogP contribution in [0.3, 0.4) is 0 Å². The van der Waals surface area contributed by atoms with E-state index in [0.29, 0.717) is 6.61 Å². The lowest BCUT2D eigenvalue weighted by molar-refractivity contribution is -0.0114. The van der Waals surface area contributed by atoms with E-state index in [1.165, 1.54) is 5.56 Å². The van der Waals surface area contributed by atoms with Gasteiger partial charge in [0.25, 0.3) is 0 Å². The zero-order valence-corrected chi connectivity index (χ0v) is 11.7. The Labute approximate surface area is 114 Å². The molecule has 3 heteroatoms. The average Bonchev–Trinajstić information content (AvgIpc) is 2.72. The Morgan fingerprint density at radius 3 is 2.95 bits per heavy atom. The van der Waals surface area contributed by atoms with Gasteiger partial charge >= 0.3 is 0 Å². The second-order valence-corrected chi connectivity index (χ2v) is 6.30. The summed E-state index contributed by atoms with van der Waals surface area (Å²) in [5, 5.41) is 10.6. The summed E-state index contributed by atoms with van der Waals surface area (Å²) in [6.45, 7) is 5.65. The van der Waals surface area contributed by atoms with Gasteiger partial charge in [-0.1, -0.05) is 18.2 Å². The number of aliphatic hydroxyl groups is 1. The number of para-hydroxylation sites is 1. The minimum atomic E-state index is -0.482. The zero-order valence-electron chi connectivity index (χ0n) is 11.7. The molecule has 1 N–H and O–H groups in total. The number of fused-ring (bicyclic) bond motifs is 1. The van der Waals surface area contributed by atoms with E-state index >= 15 is 0 Å². The highest BCUT2D eigenvalue weighted by atomic mass is 16.5. The molecule has 0 radical (unpaired) electrons. The lowest BCUT2D eigenvalue weighted by atomic mass is 9.89. The molecule has 1 fully saturated rings. The maximum atomic E-state index is 10.6. The molecular weight excluding hydrogens is 240 g/mol. The molecule has 1 aromatic rings. The number of ether oxygens (including phenoxy) is 2. The molecule has 0 spiro atoms. The van der Waals surface area contributed by atoms with E-state index in [0.717, 1.165) is 37.2 Å². The third kappa shape index (κ3) is 2.49. The van der Waals surface area contributed by atoms with Crippen LogP contribution in [0.2, 0.25) is 0 Å². The number of hydrogen-bond acceptors (Lipinski definition) is 3. The predicted molar refractivity (Wildman–Crippen MR) is 73.4 cm³/mol. The molecular formula is C16H22O3. The normalized spacial score (nSPS) is 26.6. The molecule has 3 rings (SSSR count). The van der Waals surface area contributed by atoms with Crippen LogP contribution in [0.4, 0.5) is 0 Å². The fourth-order valence-corrected chi connectivity index (χ4v) is 3.14. The predicted octanol–water partition coefficient (Wildman–Crippen LogP) is 2.86. The van der Waals surface area contributed by atoms with Crippen molar-refractivity contribution in [2.45, 2.75) is 44.8 Å². The molecule has 0 amide bonds. The molecule has 1 aromatic carbocycles. The van der Waals surface area contributed by atoms with Crippen LogP contribution in [0.1, 0.15) is 43.9 Å². The molecule has 0 aliphatic carbocycles. The second-order valence-electron chi connectivity index (χ2n) is 6.30. The Balaban J connectivity index is 1.88. The van der Waals surface area contributed by atoms with Crippen molar-refractivity contribution in [1.29, 1.82) is 0 Å². The third-order valence-corrected chi connectivity index (χ3v) is 4.08. The molecule has 1 saturated heterocycles. The summed E-state index contributed by atoms with van der Waals surface area (Å²) in [7, 11) is 0. The van der Waals surface area contributed by atoms with Gasteiger partial charge in [0.15, 0.2) is 0 Å². The van der Waals surface area contributed by atoms with Crippen LogP contribution in [-0.2, 0) is 11.2 Å². The minimum Gasteiger partial charge on any atom is -0.487 e. The lowest BCUT2D eigenvalue weighted by Crippen LogP contribution is -2.26. The van der Waals surface area contributed by atoms with Crippen molar-refractivity contribution in [3.05, 3.63) is 29.3 Å². The van der Waals surface area contributed by atoms with Crippen molar-refractivity contribution in [2.75, 3.05) is 13.2 Å². The fraction of sp³-hybridized carbons (Fsp3) is 0.625. The van der Waals surface area contributed by atoms with E-state index in [4.69, 9.17) is 9.47 Å². The summed E-state index contributed by atoms with van der Waals surface area (Å²) >= 11 is 0. The van der Waals surface area contributed by atoms with Crippen molar-refractivity contribution in [2.24, 2.45) is 5.92 Å². The van der Waals surface area contributed by atoms with E-state index < -0.39 is 6.10 Å². The fourth-order valence-electron chi connectivity index (χ4n) is 3.14. The summed E-state index contributed by atoms with van der Waals surface area (Å²) in [5.74, 6) is 1.08. The average molecular weight is 262 g/mol. The quantitative estimate of drug-likeness (QED) is 0.890. The Morgan fingerprint density at radius 1 is 1.37 bits per heavy atom. The molecule has 0 saturated carbocycles. The Morgan fingerprint density at radius 2 is 2.21 bits per heavy atom. The van der Waals surface area contributed by atoms with Crippen LogP contribution in [0, 0.1) is 5.92 Å². The highest BCUT2D eigenvalue weighted by Crippen LogP contribution is 2.42. The van der Waals surface area contributed by atoms with Crippen LogP contribution in [0.5, 0.6) is 5.75 Å². The molecule has 2 unspecified atom stereocenters. The van der Waals surface area contributed by atoms with E-state index in [2.05, 4.69) is 19.9 Å². The zero-order chi connectivity index (χ0) is 13.5. The van der Waals surface area contributed by atoms with Gasteiger partial charge in [0, 0.05) is 24.5 Å². The first-order valence-corrected chi connectivity index (χ1v) is 7.13. The van der Waals surface area contributed by atoms with Gasteiger partial charge in [-0.2, -0.15) is 0 Å². The maximum Gasteiger partial charge on any atom is 0.129 e. The molecule has 19 heavy (non-hydrogen) atoms. The van der Waals surface area contributed by atoms with Crippen LogP contribution in [0.15, 0.2) is 18.2 Å². The highest BCUT2D eigenvalue weighted by molar-refractivity contribution is 5.47. The summed E-state index contributed by atoms with van der Waals surface area (Å²) in [6, 6.07) is 6.10. The SMILES string of the molecule is CC1(C)Cc2cccc(C(O)C3CCCOC3)c2O1. The summed E-state index contributed by atoms with van der Waals surface area (Å²) in [6.07, 6.45) is 2.48. The largest absolute Gasteiger partial charge is 0.487 e. The van der Waals surface area contributed by atoms with E-state index in [9.17, 15) is 5.11 Å². The van der Waals surface area contributed by atoms with Gasteiger partial charge < -0.3 is 14.6 Å². The summed E-state index contributed by atoms with van der Waals surface area (Å²) < 4.78 is 11.5. The van der Waals surface area contributed by atoms with Gasteiger partial charge in [-0.3, -0.25) is 0 Å². The summed E-state index contributed by atoms with van der Waals surface area (Å²) in [4.78, 5) is 0. The Bertz CT molecular complexity index is 461. The van der Waals surface area contributed by atoms with Crippen LogP contribution < -0.4 is 4.74 Å². The Kier molecular flexibility index (Phi) is 3.27. The topological polar surface area (TPSA) is 38.7 Å². The number of hydrogen-bond donors (Lipinski definition) is 1. The lowest BCUT2D eigenvalue weighted by Gasteiger charge is -2.28. The molecule has 2 atom stereocenters. The van der Waals surface area contributed by atoms with Crippen LogP contribution >= 0.6 is 0 Å². The van der Waals surface area contributed by atoms with Crippen LogP contribution in [-0.4, -0.2) is 23.9 Å². The van der Waals surface area contributed by atoms with Gasteiger partial charge in [0.05, 0.1) is 12.7 Å². The van der Waals surface area contributed by atoms with Crippen molar-refractivity contribution in [3.63, 3.8) is 0 Å². The third-order valence-electron chi connectivity index (χ3n) is 4.08. The monoisotopic (exact) mass is 262 g/mol. The van der Waals surface area contributed by atoms with E-state index in [-0.39, 0.29) is 11.5 Å². The standard InChI is InChI=1S/C16H22O3/c1-16(2)9-11-5-3-7-13(15(11)19-16)14(17)12-6-4-8-18-10-12/h3,5,7,12,14,17H,4,6,8-10H2,1-2H3. The van der Waals surface area contributed by atoms with Crippen molar-refractivity contribution in [3.8, 4) is 5.75 Å². The van der Waals surface area contributed by atoms with Crippen molar-refractivity contribution < 1.29 is 14.6 Å². The smallest absolute Gasteiger partial charge is 0.129 e. The second kappa shape index (κ2) is 4.80. The summed E-state index contributed by atoms with van der Waals surface area (Å²) in [5.41, 5.74) is 1.97. The number of rotatable bonds is 2. The number of benzene rings is 1. The van der Waals surface area contributed by atoms with Crippen LogP contribution in [0.25, 0.3) is 0 Å². The molecule has 3 nitrogen and oxygen atoms in total. The molecule has 2 aliphatic heterocycles. The van der Waals surface area contributed by atoms with E-state index in [1.54, 1.807) is 0 Å². The molecule has 0 bridgehead atoms. The maximum absolute atomic E-state index is 10.6. The van der Waals surface area contributed by atoms with Gasteiger partial charge in [0.1, 0.15) is 11.4 Å². The first kappa shape index (κ1) is 12.9. The molecule has 2 aliphatic rings. The van der Waals surface area contributed by atoms with Crippen molar-refractivity contribution in [1.82, 2.24) is 0 Å². The van der Waals surface area contributed by atoms with Gasteiger partial charge in [0.2, 0.25) is 0 Å². The molecule has 2 heterocycles. The van der Waals surface area contributed by atoms with E-state index in [1.807, 2.05) is 12.1 Å². The first-order chi connectivity index (χ1) is 9.07. The van der Waals surface area contributed by atoms with Gasteiger partial charge in [-0.05, 0) is 32.3 Å². The Hall–Kier alpha value is -1.06. The highest BCUT2D eigenvalue weighted by Gasteiger charge is 2.35. The molecule has 0 aromatic heterocycles. The number of aliphatic hydroxyl groups excluding tert-OH is 1. The van der Waals surface area contributed by atoms with Gasteiger partial charge in [-0.15, -0.1) is 0 Å². The van der Waals surface area contributed by atoms with Crippen molar-refractivity contribution >= 4 is 0 Å². The minimum absolute atomic E-state index is 0.165. The first-order valence-electron chi connectivity index (χ1n) is 7.13. The molecule has 104 valence electrons. The van der Waals surface area contributed by atoms with Gasteiger partial charge in [-0.25, -0.2) is 0 Å².